The van der Waals surface area contributed by atoms with Crippen LogP contribution in [0.25, 0.3) is 10.1 Å². The van der Waals surface area contributed by atoms with Gasteiger partial charge in [0, 0.05) is 10.1 Å². The summed E-state index contributed by atoms with van der Waals surface area (Å²) >= 11 is 1.18. The van der Waals surface area contributed by atoms with E-state index in [1.165, 1.54) is 11.3 Å². The molecule has 0 unspecified atom stereocenters. The van der Waals surface area contributed by atoms with Crippen LogP contribution >= 0.6 is 11.3 Å². The molecule has 0 N–H and O–H groups in total. The van der Waals surface area contributed by atoms with Gasteiger partial charge in [-0.2, -0.15) is 0 Å². The summed E-state index contributed by atoms with van der Waals surface area (Å²) in [5.74, 6) is -0.939. The molecule has 0 radical (unpaired) electrons. The Kier molecular flexibility index (Phi) is 8.23. The Balaban J connectivity index is 2.38. The smallest absolute Gasteiger partial charge is 0.352 e. The Morgan fingerprint density at radius 1 is 1.07 bits per heavy atom. The number of unbranched alkanes of at least 4 members (excludes halogenated alkanes) is 1. The van der Waals surface area contributed by atoms with E-state index in [2.05, 4.69) is 0 Å². The van der Waals surface area contributed by atoms with E-state index in [1.807, 2.05) is 6.92 Å². The van der Waals surface area contributed by atoms with E-state index in [4.69, 9.17) is 18.9 Å². The van der Waals surface area contributed by atoms with Gasteiger partial charge in [0.25, 0.3) is 0 Å². The molecule has 7 nitrogen and oxygen atoms in total. The van der Waals surface area contributed by atoms with Gasteiger partial charge in [-0.1, -0.05) is 13.3 Å². The van der Waals surface area contributed by atoms with Crippen molar-refractivity contribution in [2.75, 3.05) is 19.8 Å². The normalized spacial score (nSPS) is 11.2. The number of rotatable bonds is 9. The highest BCUT2D eigenvalue weighted by atomic mass is 32.1. The summed E-state index contributed by atoms with van der Waals surface area (Å²) in [4.78, 5) is 36.9. The maximum Gasteiger partial charge on any atom is 0.352 e. The maximum absolute atomic E-state index is 12.6. The molecule has 0 aliphatic heterocycles. The van der Waals surface area contributed by atoms with Crippen molar-refractivity contribution in [2.45, 2.75) is 47.5 Å². The molecule has 1 aromatic carbocycles. The molecule has 0 saturated heterocycles. The third kappa shape index (κ3) is 6.19. The van der Waals surface area contributed by atoms with Gasteiger partial charge in [0.15, 0.2) is 17.2 Å². The van der Waals surface area contributed by atoms with E-state index in [0.717, 1.165) is 17.5 Å². The van der Waals surface area contributed by atoms with Crippen LogP contribution in [0.5, 0.6) is 11.5 Å². The van der Waals surface area contributed by atoms with Crippen LogP contribution in [-0.4, -0.2) is 37.7 Å². The minimum absolute atomic E-state index is 0.151. The minimum Gasteiger partial charge on any atom is -0.482 e. The van der Waals surface area contributed by atoms with Crippen molar-refractivity contribution in [3.63, 3.8) is 0 Å². The number of carbonyl (C=O) groups excluding carboxylic acids is 3. The van der Waals surface area contributed by atoms with Crippen molar-refractivity contribution >= 4 is 39.3 Å². The Morgan fingerprint density at radius 2 is 1.80 bits per heavy atom. The largest absolute Gasteiger partial charge is 0.482 e. The van der Waals surface area contributed by atoms with Gasteiger partial charge in [-0.25, -0.2) is 9.59 Å². The van der Waals surface area contributed by atoms with E-state index in [0.29, 0.717) is 17.7 Å². The van der Waals surface area contributed by atoms with Gasteiger partial charge < -0.3 is 18.9 Å². The van der Waals surface area contributed by atoms with E-state index < -0.39 is 23.3 Å². The first-order chi connectivity index (χ1) is 14.2. The van der Waals surface area contributed by atoms with Gasteiger partial charge in [-0.05, 0) is 52.3 Å². The number of hydrogen-bond donors (Lipinski definition) is 0. The second-order valence-corrected chi connectivity index (χ2v) is 8.69. The van der Waals surface area contributed by atoms with Crippen molar-refractivity contribution < 1.29 is 33.3 Å². The zero-order valence-electron chi connectivity index (χ0n) is 18.0. The molecule has 2 rings (SSSR count). The summed E-state index contributed by atoms with van der Waals surface area (Å²) in [6.07, 6.45) is 1.65. The number of hydrogen-bond acceptors (Lipinski definition) is 8. The summed E-state index contributed by atoms with van der Waals surface area (Å²) < 4.78 is 22.0. The molecule has 0 saturated carbocycles. The fourth-order valence-electron chi connectivity index (χ4n) is 2.35. The van der Waals surface area contributed by atoms with E-state index in [-0.39, 0.29) is 23.8 Å². The lowest BCUT2D eigenvalue weighted by Crippen LogP contribution is -2.26. The van der Waals surface area contributed by atoms with Gasteiger partial charge in [0.1, 0.15) is 5.75 Å². The number of benzene rings is 1. The lowest BCUT2D eigenvalue weighted by atomic mass is 9.97. The third-order valence-corrected chi connectivity index (χ3v) is 5.13. The lowest BCUT2D eigenvalue weighted by molar-refractivity contribution is -0.145. The molecule has 8 heteroatoms. The summed E-state index contributed by atoms with van der Waals surface area (Å²) in [5.41, 5.74) is -0.754. The van der Waals surface area contributed by atoms with Crippen molar-refractivity contribution in [2.24, 2.45) is 5.41 Å². The van der Waals surface area contributed by atoms with Crippen LogP contribution in [0.15, 0.2) is 18.2 Å². The fraction of sp³-hybridized carbons (Fsp3) is 0.500. The average Bonchev–Trinajstić information content (AvgIpc) is 3.04. The van der Waals surface area contributed by atoms with Gasteiger partial charge in [-0.15, -0.1) is 11.3 Å². The molecule has 0 aliphatic rings. The number of fused-ring (bicyclic) bond motifs is 1. The lowest BCUT2D eigenvalue weighted by Gasteiger charge is -2.16. The number of esters is 3. The maximum atomic E-state index is 12.6. The zero-order chi connectivity index (χ0) is 22.3. The van der Waals surface area contributed by atoms with Crippen molar-refractivity contribution in [1.82, 2.24) is 0 Å². The molecule has 1 heterocycles. The number of thiophene rings is 1. The number of carbonyl (C=O) groups is 3. The van der Waals surface area contributed by atoms with Crippen LogP contribution in [0.3, 0.4) is 0 Å². The first-order valence-electron chi connectivity index (χ1n) is 9.91. The van der Waals surface area contributed by atoms with E-state index in [9.17, 15) is 14.4 Å². The average molecular weight is 437 g/mol. The van der Waals surface area contributed by atoms with Crippen LogP contribution in [0.4, 0.5) is 0 Å². The summed E-state index contributed by atoms with van der Waals surface area (Å²) in [6.45, 7) is 9.23. The van der Waals surface area contributed by atoms with Crippen molar-refractivity contribution in [3.05, 3.63) is 23.1 Å². The van der Waals surface area contributed by atoms with Crippen LogP contribution in [-0.2, 0) is 19.1 Å². The molecule has 0 fully saturated rings. The molecule has 1 aromatic heterocycles. The highest BCUT2D eigenvalue weighted by molar-refractivity contribution is 7.21. The van der Waals surface area contributed by atoms with Gasteiger partial charge in [0.05, 0.1) is 18.6 Å². The molecular weight excluding hydrogens is 408 g/mol. The molecule has 164 valence electrons. The molecule has 2 aromatic rings. The Labute approximate surface area is 180 Å². The Morgan fingerprint density at radius 3 is 2.43 bits per heavy atom. The second kappa shape index (κ2) is 10.4. The zero-order valence-corrected chi connectivity index (χ0v) is 18.9. The fourth-order valence-corrected chi connectivity index (χ4v) is 3.35. The first kappa shape index (κ1) is 23.7. The predicted octanol–water partition coefficient (Wildman–Crippen LogP) is 4.75. The molecule has 0 atom stereocenters. The molecular formula is C22H28O7S. The summed E-state index contributed by atoms with van der Waals surface area (Å²) in [5, 5.41) is 0.543. The van der Waals surface area contributed by atoms with Crippen LogP contribution in [0.2, 0.25) is 0 Å². The molecule has 0 bridgehead atoms. The quantitative estimate of drug-likeness (QED) is 0.414. The number of ether oxygens (including phenoxy) is 4. The second-order valence-electron chi connectivity index (χ2n) is 7.64. The molecule has 0 spiro atoms. The van der Waals surface area contributed by atoms with Crippen molar-refractivity contribution in [3.8, 4) is 11.5 Å². The highest BCUT2D eigenvalue weighted by Crippen LogP contribution is 2.41. The van der Waals surface area contributed by atoms with E-state index in [1.54, 1.807) is 45.9 Å². The standard InChI is InChI=1S/C22H28O7S/c1-6-8-11-27-20(24)19-18(29-21(25)22(3,4)5)15-12-14(9-10-16(15)30-19)28-13-17(23)26-7-2/h9-10,12H,6-8,11,13H2,1-5H3. The van der Waals surface area contributed by atoms with Gasteiger partial charge >= 0.3 is 17.9 Å². The van der Waals surface area contributed by atoms with Crippen molar-refractivity contribution in [1.29, 1.82) is 0 Å². The molecule has 0 aliphatic carbocycles. The Hall–Kier alpha value is -2.61. The van der Waals surface area contributed by atoms with Crippen LogP contribution < -0.4 is 9.47 Å². The topological polar surface area (TPSA) is 88.1 Å². The monoisotopic (exact) mass is 436 g/mol. The molecule has 0 amide bonds. The van der Waals surface area contributed by atoms with E-state index >= 15 is 0 Å². The minimum atomic E-state index is -0.754. The summed E-state index contributed by atoms with van der Waals surface area (Å²) in [7, 11) is 0. The van der Waals surface area contributed by atoms with Crippen LogP contribution in [0, 0.1) is 5.41 Å². The summed E-state index contributed by atoms with van der Waals surface area (Å²) in [6, 6.07) is 5.07. The molecule has 30 heavy (non-hydrogen) atoms. The van der Waals surface area contributed by atoms with Crippen LogP contribution in [0.1, 0.15) is 57.1 Å². The first-order valence-corrected chi connectivity index (χ1v) is 10.7. The predicted molar refractivity (Wildman–Crippen MR) is 114 cm³/mol. The van der Waals surface area contributed by atoms with Gasteiger partial charge in [-0.3, -0.25) is 4.79 Å². The Bertz CT molecular complexity index is 908. The SMILES string of the molecule is CCCCOC(=O)c1sc2ccc(OCC(=O)OCC)cc2c1OC(=O)C(C)(C)C. The van der Waals surface area contributed by atoms with Gasteiger partial charge in [0.2, 0.25) is 0 Å². The highest BCUT2D eigenvalue weighted by Gasteiger charge is 2.29. The third-order valence-electron chi connectivity index (χ3n) is 4.00.